The van der Waals surface area contributed by atoms with Gasteiger partial charge in [-0.2, -0.15) is 0 Å². The fraction of sp³-hybridized carbons (Fsp3) is 0.533. The van der Waals surface area contributed by atoms with E-state index < -0.39 is 21.8 Å². The Kier molecular flexibility index (Phi) is 5.85. The van der Waals surface area contributed by atoms with Crippen LogP contribution in [0, 0.1) is 5.82 Å². The Morgan fingerprint density at radius 1 is 1.29 bits per heavy atom. The van der Waals surface area contributed by atoms with Crippen molar-refractivity contribution in [1.82, 2.24) is 10.0 Å². The Bertz CT molecular complexity index is 716. The van der Waals surface area contributed by atoms with Crippen molar-refractivity contribution in [2.75, 3.05) is 7.11 Å². The number of nitrogens with one attached hydrogen (secondary N) is 2. The molecule has 2 bridgehead atoms. The van der Waals surface area contributed by atoms with Gasteiger partial charge in [0, 0.05) is 18.1 Å². The third-order valence-electron chi connectivity index (χ3n) is 4.43. The molecule has 9 heteroatoms. The van der Waals surface area contributed by atoms with Gasteiger partial charge in [-0.1, -0.05) is 0 Å². The Labute approximate surface area is 146 Å². The third kappa shape index (κ3) is 3.88. The molecule has 0 radical (unpaired) electrons. The van der Waals surface area contributed by atoms with Crippen LogP contribution in [0.15, 0.2) is 23.1 Å². The first-order valence-electron chi connectivity index (χ1n) is 7.55. The predicted octanol–water partition coefficient (Wildman–Crippen LogP) is 1.60. The second-order valence-corrected chi connectivity index (χ2v) is 7.74. The van der Waals surface area contributed by atoms with Gasteiger partial charge in [0.25, 0.3) is 0 Å². The summed E-state index contributed by atoms with van der Waals surface area (Å²) in [5.74, 6) is -1.57. The quantitative estimate of drug-likeness (QED) is 0.777. The van der Waals surface area contributed by atoms with Crippen LogP contribution >= 0.6 is 12.4 Å². The van der Waals surface area contributed by atoms with Gasteiger partial charge < -0.3 is 10.1 Å². The lowest BCUT2D eigenvalue weighted by atomic mass is 10.0. The number of hydrogen-bond acceptors (Lipinski definition) is 5. The number of ether oxygens (including phenoxy) is 1. The molecule has 134 valence electrons. The monoisotopic (exact) mass is 378 g/mol. The SMILES string of the molecule is COC(=O)c1cc(F)ccc1S(=O)(=O)NC1CC2CCC(C1)N2.Cl. The zero-order valence-corrected chi connectivity index (χ0v) is 14.8. The van der Waals surface area contributed by atoms with Gasteiger partial charge in [-0.25, -0.2) is 22.3 Å². The summed E-state index contributed by atoms with van der Waals surface area (Å²) in [6.07, 6.45) is 3.52. The first kappa shape index (κ1) is 19.1. The minimum absolute atomic E-state index is 0. The van der Waals surface area contributed by atoms with Crippen molar-refractivity contribution in [2.45, 2.75) is 48.7 Å². The minimum Gasteiger partial charge on any atom is -0.465 e. The summed E-state index contributed by atoms with van der Waals surface area (Å²) in [5, 5.41) is 3.43. The second kappa shape index (κ2) is 7.35. The zero-order valence-electron chi connectivity index (χ0n) is 13.1. The Morgan fingerprint density at radius 3 is 2.50 bits per heavy atom. The molecule has 1 aromatic rings. The molecule has 3 rings (SSSR count). The largest absolute Gasteiger partial charge is 0.465 e. The molecule has 2 fully saturated rings. The molecule has 0 amide bonds. The number of rotatable bonds is 4. The van der Waals surface area contributed by atoms with Crippen LogP contribution in [0.4, 0.5) is 4.39 Å². The van der Waals surface area contributed by atoms with E-state index in [1.807, 2.05) is 0 Å². The maximum Gasteiger partial charge on any atom is 0.339 e. The highest BCUT2D eigenvalue weighted by Crippen LogP contribution is 2.28. The van der Waals surface area contributed by atoms with Crippen LogP contribution in [-0.4, -0.2) is 39.6 Å². The number of carbonyl (C=O) groups excluding carboxylic acids is 1. The van der Waals surface area contributed by atoms with Crippen molar-refractivity contribution in [3.05, 3.63) is 29.6 Å². The van der Waals surface area contributed by atoms with E-state index in [1.165, 1.54) is 0 Å². The molecule has 2 saturated heterocycles. The van der Waals surface area contributed by atoms with Crippen molar-refractivity contribution in [3.63, 3.8) is 0 Å². The summed E-state index contributed by atoms with van der Waals surface area (Å²) < 4.78 is 45.8. The third-order valence-corrected chi connectivity index (χ3v) is 6.01. The van der Waals surface area contributed by atoms with E-state index in [0.717, 1.165) is 38.2 Å². The number of hydrogen-bond donors (Lipinski definition) is 2. The summed E-state index contributed by atoms with van der Waals surface area (Å²) in [5.41, 5.74) is -0.295. The van der Waals surface area contributed by atoms with Crippen molar-refractivity contribution >= 4 is 28.4 Å². The molecule has 2 N–H and O–H groups in total. The molecule has 2 atom stereocenters. The van der Waals surface area contributed by atoms with Crippen LogP contribution in [0.2, 0.25) is 0 Å². The summed E-state index contributed by atoms with van der Waals surface area (Å²) in [4.78, 5) is 11.5. The average Bonchev–Trinajstić information content (AvgIpc) is 2.84. The van der Waals surface area contributed by atoms with Crippen LogP contribution < -0.4 is 10.0 Å². The number of carbonyl (C=O) groups is 1. The number of fused-ring (bicyclic) bond motifs is 2. The van der Waals surface area contributed by atoms with Crippen LogP contribution in [-0.2, 0) is 14.8 Å². The van der Waals surface area contributed by atoms with Gasteiger partial charge in [0.15, 0.2) is 0 Å². The fourth-order valence-corrected chi connectivity index (χ4v) is 4.88. The van der Waals surface area contributed by atoms with E-state index in [4.69, 9.17) is 0 Å². The van der Waals surface area contributed by atoms with E-state index in [2.05, 4.69) is 14.8 Å². The molecule has 0 aromatic heterocycles. The molecule has 0 aliphatic carbocycles. The van der Waals surface area contributed by atoms with Crippen LogP contribution in [0.25, 0.3) is 0 Å². The summed E-state index contributed by atoms with van der Waals surface area (Å²) >= 11 is 0. The number of methoxy groups -OCH3 is 1. The Hall–Kier alpha value is -1.22. The summed E-state index contributed by atoms with van der Waals surface area (Å²) in [6.45, 7) is 0. The smallest absolute Gasteiger partial charge is 0.339 e. The highest BCUT2D eigenvalue weighted by molar-refractivity contribution is 7.89. The second-order valence-electron chi connectivity index (χ2n) is 6.06. The van der Waals surface area contributed by atoms with E-state index in [-0.39, 0.29) is 28.9 Å². The van der Waals surface area contributed by atoms with Crippen molar-refractivity contribution in [3.8, 4) is 0 Å². The Balaban J connectivity index is 0.00000208. The van der Waals surface area contributed by atoms with E-state index in [0.29, 0.717) is 24.9 Å². The number of benzene rings is 1. The standard InChI is InChI=1S/C15H19FN2O4S.ClH/c1-22-15(19)13-6-9(16)2-5-14(13)23(20,21)18-12-7-10-3-4-11(8-12)17-10;/h2,5-6,10-12,17-18H,3-4,7-8H2,1H3;1H. The summed E-state index contributed by atoms with van der Waals surface area (Å²) in [7, 11) is -2.80. The normalized spacial score (nSPS) is 25.8. The van der Waals surface area contributed by atoms with Gasteiger partial charge >= 0.3 is 5.97 Å². The first-order chi connectivity index (χ1) is 10.9. The van der Waals surface area contributed by atoms with Crippen LogP contribution in [0.3, 0.4) is 0 Å². The molecule has 2 unspecified atom stereocenters. The molecule has 6 nitrogen and oxygen atoms in total. The van der Waals surface area contributed by atoms with Crippen LogP contribution in [0.5, 0.6) is 0 Å². The van der Waals surface area contributed by atoms with E-state index in [1.54, 1.807) is 0 Å². The number of halogens is 2. The summed E-state index contributed by atoms with van der Waals surface area (Å²) in [6, 6.07) is 3.47. The highest BCUT2D eigenvalue weighted by Gasteiger charge is 2.36. The number of sulfonamides is 1. The predicted molar refractivity (Wildman–Crippen MR) is 88.3 cm³/mol. The lowest BCUT2D eigenvalue weighted by Gasteiger charge is -2.29. The maximum atomic E-state index is 13.4. The van der Waals surface area contributed by atoms with Crippen molar-refractivity contribution in [2.24, 2.45) is 0 Å². The molecule has 2 aliphatic rings. The van der Waals surface area contributed by atoms with Gasteiger partial charge in [-0.05, 0) is 43.9 Å². The molecular weight excluding hydrogens is 359 g/mol. The Morgan fingerprint density at radius 2 is 1.92 bits per heavy atom. The lowest BCUT2D eigenvalue weighted by molar-refractivity contribution is 0.0595. The number of piperidine rings is 1. The first-order valence-corrected chi connectivity index (χ1v) is 9.03. The van der Waals surface area contributed by atoms with Gasteiger partial charge in [-0.15, -0.1) is 12.4 Å². The molecule has 2 aliphatic heterocycles. The fourth-order valence-electron chi connectivity index (χ4n) is 3.44. The van der Waals surface area contributed by atoms with E-state index in [9.17, 15) is 17.6 Å². The zero-order chi connectivity index (χ0) is 16.6. The molecule has 1 aromatic carbocycles. The lowest BCUT2D eigenvalue weighted by Crippen LogP contribution is -2.48. The topological polar surface area (TPSA) is 84.5 Å². The molecule has 2 heterocycles. The highest BCUT2D eigenvalue weighted by atomic mass is 35.5. The molecule has 24 heavy (non-hydrogen) atoms. The average molecular weight is 379 g/mol. The van der Waals surface area contributed by atoms with E-state index >= 15 is 0 Å². The number of esters is 1. The van der Waals surface area contributed by atoms with Gasteiger partial charge in [0.2, 0.25) is 10.0 Å². The van der Waals surface area contributed by atoms with Crippen LogP contribution in [0.1, 0.15) is 36.0 Å². The maximum absolute atomic E-state index is 13.4. The van der Waals surface area contributed by atoms with Gasteiger partial charge in [0.1, 0.15) is 5.82 Å². The van der Waals surface area contributed by atoms with Crippen molar-refractivity contribution < 1.29 is 22.3 Å². The minimum atomic E-state index is -3.93. The molecule has 0 saturated carbocycles. The van der Waals surface area contributed by atoms with Gasteiger partial charge in [-0.3, -0.25) is 0 Å². The molecule has 0 spiro atoms. The van der Waals surface area contributed by atoms with Crippen molar-refractivity contribution in [1.29, 1.82) is 0 Å². The molecular formula is C15H20ClFN2O4S. The van der Waals surface area contributed by atoms with Gasteiger partial charge in [0.05, 0.1) is 17.6 Å².